The van der Waals surface area contributed by atoms with Gasteiger partial charge in [0.1, 0.15) is 6.04 Å². The van der Waals surface area contributed by atoms with Crippen LogP contribution in [0.25, 0.3) is 0 Å². The number of carbonyl (C=O) groups excluding carboxylic acids is 1. The summed E-state index contributed by atoms with van der Waals surface area (Å²) in [5.41, 5.74) is 0. The normalized spacial score (nSPS) is 17.2. The molecule has 0 spiro atoms. The van der Waals surface area contributed by atoms with E-state index in [0.717, 1.165) is 12.8 Å². The van der Waals surface area contributed by atoms with Crippen molar-refractivity contribution >= 4 is 22.7 Å². The van der Waals surface area contributed by atoms with E-state index in [1.807, 2.05) is 6.07 Å². The topological polar surface area (TPSA) is 83.5 Å². The molecule has 1 aromatic rings. The van der Waals surface area contributed by atoms with Gasteiger partial charge in [0.15, 0.2) is 0 Å². The molecule has 1 aliphatic carbocycles. The molecule has 1 aromatic carbocycles. The lowest BCUT2D eigenvalue weighted by Gasteiger charge is -2.14. The van der Waals surface area contributed by atoms with Crippen LogP contribution in [0.2, 0.25) is 0 Å². The van der Waals surface area contributed by atoms with Crippen LogP contribution >= 0.6 is 0 Å². The number of hydrogen-bond donors (Lipinski definition) is 2. The minimum Gasteiger partial charge on any atom is -0.480 e. The highest BCUT2D eigenvalue weighted by atomic mass is 32.2. The van der Waals surface area contributed by atoms with Crippen molar-refractivity contribution in [3.63, 3.8) is 0 Å². The van der Waals surface area contributed by atoms with E-state index in [2.05, 4.69) is 5.32 Å². The van der Waals surface area contributed by atoms with Crippen LogP contribution in [0.15, 0.2) is 35.2 Å². The minimum absolute atomic E-state index is 0.0310. The number of carbonyl (C=O) groups is 2. The third-order valence-electron chi connectivity index (χ3n) is 3.16. The fraction of sp³-hybridized carbons (Fsp3) is 0.429. The van der Waals surface area contributed by atoms with Crippen LogP contribution < -0.4 is 5.32 Å². The van der Waals surface area contributed by atoms with Gasteiger partial charge in [0, 0.05) is 16.6 Å². The summed E-state index contributed by atoms with van der Waals surface area (Å²) in [4.78, 5) is 23.4. The van der Waals surface area contributed by atoms with Gasteiger partial charge in [0.25, 0.3) is 0 Å². The zero-order chi connectivity index (χ0) is 14.5. The Morgan fingerprint density at radius 1 is 1.30 bits per heavy atom. The monoisotopic (exact) mass is 295 g/mol. The van der Waals surface area contributed by atoms with Crippen molar-refractivity contribution in [2.75, 3.05) is 5.75 Å². The lowest BCUT2D eigenvalue weighted by Crippen LogP contribution is -2.42. The largest absolute Gasteiger partial charge is 0.480 e. The van der Waals surface area contributed by atoms with Gasteiger partial charge in [0.05, 0.1) is 10.8 Å². The summed E-state index contributed by atoms with van der Waals surface area (Å²) in [5.74, 6) is -1.10. The third-order valence-corrected chi connectivity index (χ3v) is 4.57. The van der Waals surface area contributed by atoms with Gasteiger partial charge in [-0.05, 0) is 31.4 Å². The number of amides is 1. The average Bonchev–Trinajstić information content (AvgIpc) is 3.28. The van der Waals surface area contributed by atoms with Crippen LogP contribution in [0, 0.1) is 5.92 Å². The van der Waals surface area contributed by atoms with Gasteiger partial charge in [-0.25, -0.2) is 4.79 Å². The number of benzene rings is 1. The Morgan fingerprint density at radius 2 is 1.95 bits per heavy atom. The zero-order valence-corrected chi connectivity index (χ0v) is 11.8. The summed E-state index contributed by atoms with van der Waals surface area (Å²) in [5, 5.41) is 11.6. The molecule has 2 N–H and O–H groups in total. The van der Waals surface area contributed by atoms with Crippen molar-refractivity contribution in [2.45, 2.75) is 30.2 Å². The molecule has 1 fully saturated rings. The van der Waals surface area contributed by atoms with Crippen molar-refractivity contribution in [3.05, 3.63) is 30.3 Å². The van der Waals surface area contributed by atoms with Gasteiger partial charge in [-0.15, -0.1) is 0 Å². The minimum atomic E-state index is -1.25. The van der Waals surface area contributed by atoms with Crippen molar-refractivity contribution < 1.29 is 18.9 Å². The average molecular weight is 295 g/mol. The van der Waals surface area contributed by atoms with Gasteiger partial charge < -0.3 is 10.4 Å². The predicted molar refractivity (Wildman–Crippen MR) is 74.6 cm³/mol. The Hall–Kier alpha value is -1.69. The second-order valence-corrected chi connectivity index (χ2v) is 6.40. The van der Waals surface area contributed by atoms with Crippen LogP contribution in [-0.4, -0.2) is 33.0 Å². The van der Waals surface area contributed by atoms with Gasteiger partial charge in [-0.2, -0.15) is 0 Å². The van der Waals surface area contributed by atoms with Crippen LogP contribution in [0.4, 0.5) is 0 Å². The maximum absolute atomic E-state index is 12.0. The first-order valence-electron chi connectivity index (χ1n) is 6.54. The molecule has 0 aromatic heterocycles. The Bertz CT molecular complexity index is 513. The predicted octanol–water partition coefficient (Wildman–Crippen LogP) is 1.16. The number of nitrogens with one attached hydrogen (secondary N) is 1. The van der Waals surface area contributed by atoms with Crippen molar-refractivity contribution in [1.82, 2.24) is 5.32 Å². The molecule has 108 valence electrons. The molecule has 5 nitrogen and oxygen atoms in total. The maximum atomic E-state index is 12.0. The van der Waals surface area contributed by atoms with E-state index in [1.54, 1.807) is 24.3 Å². The Labute approximate surface area is 119 Å². The fourth-order valence-electron chi connectivity index (χ4n) is 1.81. The van der Waals surface area contributed by atoms with Crippen LogP contribution in [-0.2, 0) is 20.4 Å². The molecule has 0 heterocycles. The molecular weight excluding hydrogens is 278 g/mol. The first-order valence-corrected chi connectivity index (χ1v) is 7.86. The van der Waals surface area contributed by atoms with E-state index >= 15 is 0 Å². The van der Waals surface area contributed by atoms with Crippen LogP contribution in [0.1, 0.15) is 19.3 Å². The SMILES string of the molecule is O=C(N[C@H](CC[S@@](=O)c1ccccc1)C(=O)O)C1CC1. The van der Waals surface area contributed by atoms with Crippen molar-refractivity contribution in [2.24, 2.45) is 5.92 Å². The molecule has 0 saturated heterocycles. The standard InChI is InChI=1S/C14H17NO4S/c16-13(10-6-7-10)15-12(14(17)18)8-9-20(19)11-4-2-1-3-5-11/h1-5,10,12H,6-9H2,(H,15,16)(H,17,18)/t12-,20-/m1/s1. The second kappa shape index (κ2) is 6.65. The molecule has 6 heteroatoms. The first-order chi connectivity index (χ1) is 9.58. The Kier molecular flexibility index (Phi) is 4.89. The first kappa shape index (κ1) is 14.7. The zero-order valence-electron chi connectivity index (χ0n) is 11.0. The quantitative estimate of drug-likeness (QED) is 0.791. The maximum Gasteiger partial charge on any atom is 0.326 e. The number of aliphatic carboxylic acids is 1. The molecule has 0 radical (unpaired) electrons. The number of rotatable bonds is 7. The summed E-state index contributed by atoms with van der Waals surface area (Å²) >= 11 is 0. The van der Waals surface area contributed by atoms with Crippen LogP contribution in [0.3, 0.4) is 0 Å². The van der Waals surface area contributed by atoms with Gasteiger partial charge in [-0.3, -0.25) is 9.00 Å². The molecule has 1 aliphatic rings. The van der Waals surface area contributed by atoms with Crippen molar-refractivity contribution in [1.29, 1.82) is 0 Å². The summed E-state index contributed by atoms with van der Waals surface area (Å²) in [6, 6.07) is 7.93. The van der Waals surface area contributed by atoms with E-state index in [9.17, 15) is 13.8 Å². The van der Waals surface area contributed by atoms with Crippen LogP contribution in [0.5, 0.6) is 0 Å². The molecule has 1 amide bonds. The molecule has 0 aliphatic heterocycles. The molecule has 0 bridgehead atoms. The number of hydrogen-bond acceptors (Lipinski definition) is 3. The van der Waals surface area contributed by atoms with E-state index in [1.165, 1.54) is 0 Å². The van der Waals surface area contributed by atoms with E-state index < -0.39 is 22.8 Å². The summed E-state index contributed by atoms with van der Waals surface area (Å²) < 4.78 is 12.0. The van der Waals surface area contributed by atoms with Gasteiger partial charge in [-0.1, -0.05) is 18.2 Å². The summed E-state index contributed by atoms with van der Waals surface area (Å²) in [7, 11) is -1.25. The Morgan fingerprint density at radius 3 is 2.50 bits per heavy atom. The Balaban J connectivity index is 1.87. The lowest BCUT2D eigenvalue weighted by atomic mass is 10.2. The summed E-state index contributed by atoms with van der Waals surface area (Å²) in [6.45, 7) is 0. The van der Waals surface area contributed by atoms with Gasteiger partial charge in [0.2, 0.25) is 5.91 Å². The van der Waals surface area contributed by atoms with E-state index in [-0.39, 0.29) is 24.0 Å². The molecular formula is C14H17NO4S. The molecule has 0 unspecified atom stereocenters. The molecule has 2 atom stereocenters. The second-order valence-electron chi connectivity index (χ2n) is 4.83. The van der Waals surface area contributed by atoms with Crippen molar-refractivity contribution in [3.8, 4) is 0 Å². The molecule has 20 heavy (non-hydrogen) atoms. The van der Waals surface area contributed by atoms with E-state index in [0.29, 0.717) is 4.90 Å². The van der Waals surface area contributed by atoms with E-state index in [4.69, 9.17) is 5.11 Å². The molecule has 2 rings (SSSR count). The summed E-state index contributed by atoms with van der Waals surface area (Å²) in [6.07, 6.45) is 1.82. The highest BCUT2D eigenvalue weighted by Crippen LogP contribution is 2.29. The highest BCUT2D eigenvalue weighted by molar-refractivity contribution is 7.85. The van der Waals surface area contributed by atoms with Gasteiger partial charge >= 0.3 is 5.97 Å². The molecule has 1 saturated carbocycles. The smallest absolute Gasteiger partial charge is 0.326 e. The lowest BCUT2D eigenvalue weighted by molar-refractivity contribution is -0.142. The highest BCUT2D eigenvalue weighted by Gasteiger charge is 2.32. The number of carboxylic acid groups (broad SMARTS) is 1. The third kappa shape index (κ3) is 4.16. The fourth-order valence-corrected chi connectivity index (χ4v) is 2.95. The number of carboxylic acids is 1.